The molecule has 0 amide bonds. The summed E-state index contributed by atoms with van der Waals surface area (Å²) in [7, 11) is 1.46. The van der Waals surface area contributed by atoms with Crippen LogP contribution in [0.15, 0.2) is 33.0 Å². The van der Waals surface area contributed by atoms with Gasteiger partial charge >= 0.3 is 0 Å². The average molecular weight is 290 g/mol. The molecule has 0 atom stereocenters. The van der Waals surface area contributed by atoms with Crippen molar-refractivity contribution in [2.24, 2.45) is 15.9 Å². The molecular weight excluding hydrogens is 276 g/mol. The zero-order valence-electron chi connectivity index (χ0n) is 11.4. The van der Waals surface area contributed by atoms with E-state index in [0.717, 1.165) is 0 Å². The molecule has 0 aliphatic heterocycles. The van der Waals surface area contributed by atoms with Crippen LogP contribution in [0.25, 0.3) is 0 Å². The lowest BCUT2D eigenvalue weighted by molar-refractivity contribution is 0.308. The van der Waals surface area contributed by atoms with Gasteiger partial charge in [0.05, 0.1) is 12.8 Å². The predicted octanol–water partition coefficient (Wildman–Crippen LogP) is 0.495. The number of nitrogen functional groups attached to an aromatic ring is 1. The van der Waals surface area contributed by atoms with E-state index in [1.807, 2.05) is 0 Å². The second kappa shape index (κ2) is 5.90. The molecule has 0 bridgehead atoms. The summed E-state index contributed by atoms with van der Waals surface area (Å²) in [6.07, 6.45) is 0. The normalized spacial score (nSPS) is 12.5. The van der Waals surface area contributed by atoms with Crippen LogP contribution in [0.1, 0.15) is 18.2 Å². The second-order valence-electron chi connectivity index (χ2n) is 4.06. The first kappa shape index (κ1) is 14.3. The summed E-state index contributed by atoms with van der Waals surface area (Å²) in [4.78, 5) is 0. The zero-order chi connectivity index (χ0) is 15.4. The van der Waals surface area contributed by atoms with Crippen molar-refractivity contribution in [3.63, 3.8) is 0 Å². The molecule has 2 aromatic rings. The summed E-state index contributed by atoms with van der Waals surface area (Å²) in [5.74, 6) is 0.400. The number of aromatic hydroxyl groups is 1. The van der Waals surface area contributed by atoms with Gasteiger partial charge in [-0.05, 0) is 35.4 Å². The van der Waals surface area contributed by atoms with Crippen LogP contribution in [0.3, 0.4) is 0 Å². The number of amidine groups is 1. The Morgan fingerprint density at radius 2 is 2.10 bits per heavy atom. The molecule has 0 aliphatic carbocycles. The Morgan fingerprint density at radius 3 is 2.71 bits per heavy atom. The molecule has 21 heavy (non-hydrogen) atoms. The van der Waals surface area contributed by atoms with E-state index < -0.39 is 0 Å². The Kier molecular flexibility index (Phi) is 4.02. The first-order valence-corrected chi connectivity index (χ1v) is 5.86. The van der Waals surface area contributed by atoms with E-state index in [2.05, 4.69) is 25.1 Å². The summed E-state index contributed by atoms with van der Waals surface area (Å²) >= 11 is 0. The van der Waals surface area contributed by atoms with Crippen molar-refractivity contribution in [3.8, 4) is 11.5 Å². The minimum atomic E-state index is -0.0150. The van der Waals surface area contributed by atoms with Crippen LogP contribution in [-0.2, 0) is 0 Å². The molecule has 0 radical (unpaired) electrons. The highest BCUT2D eigenvalue weighted by Crippen LogP contribution is 2.26. The molecule has 9 heteroatoms. The van der Waals surface area contributed by atoms with E-state index in [0.29, 0.717) is 17.0 Å². The lowest BCUT2D eigenvalue weighted by Gasteiger charge is -2.05. The molecule has 5 N–H and O–H groups in total. The highest BCUT2D eigenvalue weighted by atomic mass is 16.6. The third-order valence-electron chi connectivity index (χ3n) is 2.66. The van der Waals surface area contributed by atoms with Crippen LogP contribution in [0.4, 0.5) is 5.82 Å². The maximum Gasteiger partial charge on any atom is 0.199 e. The number of ether oxygens (including phenoxy) is 1. The second-order valence-corrected chi connectivity index (χ2v) is 4.06. The van der Waals surface area contributed by atoms with E-state index in [4.69, 9.17) is 16.2 Å². The van der Waals surface area contributed by atoms with Crippen LogP contribution >= 0.6 is 0 Å². The summed E-state index contributed by atoms with van der Waals surface area (Å²) in [5.41, 5.74) is 12.6. The van der Waals surface area contributed by atoms with Crippen LogP contribution in [0.5, 0.6) is 11.5 Å². The first-order chi connectivity index (χ1) is 10.0. The van der Waals surface area contributed by atoms with E-state index >= 15 is 0 Å². The van der Waals surface area contributed by atoms with E-state index in [1.165, 1.54) is 13.2 Å². The number of hydrogen-bond acceptors (Lipinski definition) is 8. The molecule has 0 fully saturated rings. The summed E-state index contributed by atoms with van der Waals surface area (Å²) < 4.78 is 9.45. The predicted molar refractivity (Wildman–Crippen MR) is 76.3 cm³/mol. The summed E-state index contributed by atoms with van der Waals surface area (Å²) in [6, 6.07) is 4.81. The monoisotopic (exact) mass is 290 g/mol. The van der Waals surface area contributed by atoms with Gasteiger partial charge in [-0.2, -0.15) is 5.10 Å². The number of methoxy groups -OCH3 is 1. The number of nitrogens with two attached hydrogens (primary N) is 2. The fraction of sp³-hybridized carbons (Fsp3) is 0.167. The van der Waals surface area contributed by atoms with Crippen LogP contribution < -0.4 is 16.2 Å². The van der Waals surface area contributed by atoms with Gasteiger partial charge in [0.25, 0.3) is 0 Å². The van der Waals surface area contributed by atoms with Gasteiger partial charge in [0.2, 0.25) is 0 Å². The number of hydrogen-bond donors (Lipinski definition) is 3. The molecule has 0 saturated heterocycles. The Balaban J connectivity index is 2.27. The Labute approximate surface area is 119 Å². The topological polar surface area (TPSA) is 145 Å². The Bertz CT molecular complexity index is 707. The molecule has 1 heterocycles. The average Bonchev–Trinajstić information content (AvgIpc) is 2.91. The lowest BCUT2D eigenvalue weighted by Crippen LogP contribution is -2.15. The smallest absolute Gasteiger partial charge is 0.199 e. The van der Waals surface area contributed by atoms with Gasteiger partial charge < -0.3 is 21.3 Å². The fourth-order valence-electron chi connectivity index (χ4n) is 1.51. The summed E-state index contributed by atoms with van der Waals surface area (Å²) in [5, 5.41) is 24.2. The van der Waals surface area contributed by atoms with Gasteiger partial charge in [-0.25, -0.2) is 4.63 Å². The lowest BCUT2D eigenvalue weighted by atomic mass is 10.1. The van der Waals surface area contributed by atoms with Crippen molar-refractivity contribution in [1.82, 2.24) is 10.3 Å². The summed E-state index contributed by atoms with van der Waals surface area (Å²) in [6.45, 7) is 1.73. The van der Waals surface area contributed by atoms with Crippen LogP contribution in [-0.4, -0.2) is 34.1 Å². The largest absolute Gasteiger partial charge is 0.504 e. The van der Waals surface area contributed by atoms with Crippen molar-refractivity contribution in [2.75, 3.05) is 12.8 Å². The number of rotatable bonds is 4. The number of anilines is 1. The Morgan fingerprint density at radius 1 is 1.33 bits per heavy atom. The van der Waals surface area contributed by atoms with Gasteiger partial charge in [0, 0.05) is 5.56 Å². The van der Waals surface area contributed by atoms with Crippen molar-refractivity contribution in [3.05, 3.63) is 29.5 Å². The van der Waals surface area contributed by atoms with Gasteiger partial charge in [0.1, 0.15) is 0 Å². The van der Waals surface area contributed by atoms with E-state index in [1.54, 1.807) is 19.1 Å². The number of phenols is 1. The minimum absolute atomic E-state index is 0.0150. The molecule has 9 nitrogen and oxygen atoms in total. The molecule has 0 saturated carbocycles. The van der Waals surface area contributed by atoms with Crippen molar-refractivity contribution in [2.45, 2.75) is 6.92 Å². The maximum atomic E-state index is 9.54. The molecular formula is C12H14N6O3. The van der Waals surface area contributed by atoms with Gasteiger partial charge in [-0.1, -0.05) is 0 Å². The van der Waals surface area contributed by atoms with E-state index in [9.17, 15) is 5.11 Å². The van der Waals surface area contributed by atoms with E-state index in [-0.39, 0.29) is 23.1 Å². The van der Waals surface area contributed by atoms with Crippen LogP contribution in [0.2, 0.25) is 0 Å². The van der Waals surface area contributed by atoms with Crippen LogP contribution in [0, 0.1) is 0 Å². The zero-order valence-corrected chi connectivity index (χ0v) is 11.4. The third kappa shape index (κ3) is 3.08. The molecule has 0 aliphatic rings. The maximum absolute atomic E-state index is 9.54. The highest BCUT2D eigenvalue weighted by molar-refractivity contribution is 6.02. The minimum Gasteiger partial charge on any atom is -0.504 e. The number of aromatic nitrogens is 2. The number of nitrogens with zero attached hydrogens (tertiary/aromatic N) is 4. The molecule has 2 rings (SSSR count). The molecule has 110 valence electrons. The van der Waals surface area contributed by atoms with Gasteiger partial charge in [-0.15, -0.1) is 5.10 Å². The van der Waals surface area contributed by atoms with Gasteiger partial charge in [-0.3, -0.25) is 0 Å². The number of phenolic OH excluding ortho intramolecular Hbond substituents is 1. The van der Waals surface area contributed by atoms with Crippen molar-refractivity contribution < 1.29 is 14.5 Å². The van der Waals surface area contributed by atoms with Crippen molar-refractivity contribution in [1.29, 1.82) is 0 Å². The Hall–Kier alpha value is -3.10. The van der Waals surface area contributed by atoms with Gasteiger partial charge in [0.15, 0.2) is 28.8 Å². The molecule has 1 aromatic heterocycles. The standard InChI is InChI=1S/C12H14N6O3/c1-6(7-3-4-8(19)9(5-7)20-2)15-16-11(13)10-12(14)18-21-17-10/h3-5,19H,1-2H3,(H2,13,16)(H2,14,18). The number of benzene rings is 1. The molecule has 1 aromatic carbocycles. The quantitative estimate of drug-likeness (QED) is 0.422. The fourth-order valence-corrected chi connectivity index (χ4v) is 1.51. The molecule has 0 spiro atoms. The SMILES string of the molecule is COc1cc(C(C)=NN=C(N)c2nonc2N)ccc1O. The first-order valence-electron chi connectivity index (χ1n) is 5.86. The highest BCUT2D eigenvalue weighted by Gasteiger charge is 2.10. The third-order valence-corrected chi connectivity index (χ3v) is 2.66. The van der Waals surface area contributed by atoms with Crippen molar-refractivity contribution >= 4 is 17.4 Å². The molecule has 0 unspecified atom stereocenters.